The van der Waals surface area contributed by atoms with Crippen molar-refractivity contribution in [1.29, 1.82) is 0 Å². The first-order valence-corrected chi connectivity index (χ1v) is 27.0. The minimum atomic E-state index is -2.06. The van der Waals surface area contributed by atoms with Crippen molar-refractivity contribution < 1.29 is 124 Å². The molecule has 0 amide bonds. The number of aliphatic hydroxyl groups is 15. The van der Waals surface area contributed by atoms with E-state index < -0.39 is 178 Å². The molecule has 25 nitrogen and oxygen atoms in total. The van der Waals surface area contributed by atoms with E-state index in [1.54, 1.807) is 0 Å². The number of aliphatic hydroxyl groups excluding tert-OH is 14. The van der Waals surface area contributed by atoms with Crippen LogP contribution in [0.25, 0.3) is 0 Å². The quantitative estimate of drug-likeness (QED) is 0.0860. The molecule has 1 spiro atoms. The van der Waals surface area contributed by atoms with Crippen LogP contribution >= 0.6 is 0 Å². The van der Waals surface area contributed by atoms with E-state index in [9.17, 15) is 76.6 Å². The lowest BCUT2D eigenvalue weighted by Gasteiger charge is -2.66. The molecule has 432 valence electrons. The summed E-state index contributed by atoms with van der Waals surface area (Å²) in [5.41, 5.74) is -2.82. The van der Waals surface area contributed by atoms with Crippen molar-refractivity contribution in [1.82, 2.24) is 0 Å². The normalized spacial score (nSPS) is 59.0. The Hall–Kier alpha value is -1.00. The van der Waals surface area contributed by atoms with Crippen LogP contribution in [0.2, 0.25) is 0 Å². The molecule has 25 heteroatoms. The highest BCUT2D eigenvalue weighted by Gasteiger charge is 2.73. The van der Waals surface area contributed by atoms with Gasteiger partial charge in [-0.25, -0.2) is 0 Å². The summed E-state index contributed by atoms with van der Waals surface area (Å²) in [5, 5.41) is 166. The molecule has 10 fully saturated rings. The fraction of sp³-hybridized carbons (Fsp3) is 1.00. The summed E-state index contributed by atoms with van der Waals surface area (Å²) < 4.78 is 60.3. The number of hydrogen-bond donors (Lipinski definition) is 15. The number of ether oxygens (including phenoxy) is 10. The Labute approximate surface area is 434 Å². The lowest BCUT2D eigenvalue weighted by molar-refractivity contribution is -0.402. The van der Waals surface area contributed by atoms with Crippen LogP contribution in [-0.4, -0.2) is 262 Å². The van der Waals surface area contributed by atoms with Gasteiger partial charge < -0.3 is 124 Å². The minimum Gasteiger partial charge on any atom is -0.394 e. The van der Waals surface area contributed by atoms with Crippen LogP contribution in [0, 0.1) is 46.3 Å². The Kier molecular flexibility index (Phi) is 16.3. The Balaban J connectivity index is 0.833. The van der Waals surface area contributed by atoms with Crippen molar-refractivity contribution in [2.75, 3.05) is 33.0 Å². The zero-order valence-electron chi connectivity index (χ0n) is 42.7. The predicted molar refractivity (Wildman–Crippen MR) is 246 cm³/mol. The van der Waals surface area contributed by atoms with Crippen molar-refractivity contribution in [3.63, 3.8) is 0 Å². The van der Waals surface area contributed by atoms with Crippen molar-refractivity contribution >= 4 is 0 Å². The van der Waals surface area contributed by atoms with Crippen molar-refractivity contribution in [3.8, 4) is 0 Å². The Morgan fingerprint density at radius 1 is 0.547 bits per heavy atom. The maximum Gasteiger partial charge on any atom is 0.187 e. The monoisotopic (exact) mass is 1080 g/mol. The van der Waals surface area contributed by atoms with Crippen LogP contribution in [0.5, 0.6) is 0 Å². The van der Waals surface area contributed by atoms with Crippen LogP contribution < -0.4 is 0 Å². The molecule has 6 saturated heterocycles. The number of fused-ring (bicyclic) bond motifs is 7. The lowest BCUT2D eigenvalue weighted by Crippen LogP contribution is -2.71. The Bertz CT molecular complexity index is 1950. The third-order valence-electron chi connectivity index (χ3n) is 20.2. The fourth-order valence-electron chi connectivity index (χ4n) is 15.9. The molecule has 75 heavy (non-hydrogen) atoms. The van der Waals surface area contributed by atoms with Gasteiger partial charge in [-0.15, -0.1) is 0 Å². The van der Waals surface area contributed by atoms with Gasteiger partial charge in [-0.3, -0.25) is 0 Å². The summed E-state index contributed by atoms with van der Waals surface area (Å²) in [6.07, 6.45) is -34.0. The van der Waals surface area contributed by atoms with Crippen molar-refractivity contribution in [2.24, 2.45) is 46.3 Å². The van der Waals surface area contributed by atoms with Crippen LogP contribution in [-0.2, 0) is 47.4 Å². The standard InChI is InChI=1S/C50H82O25/c1-18-5-8-50(67-16-18)19(2)31-25(75-50)10-22-20-9-30(56)49(65)12-26(23(54)11-48(49,4)21(20)6-7-47(22,31)3)68-44-38(63)35(60)40(28(14-52)70-44)73-46-42(74-45-37(62)34(59)33(58)27(13-51)69-45)39(64)41(29(15-53)71-46)72-43-36(61)32(57)24(55)17-66-43/h18-46,51-65H,5-17H2,1-4H3/t18-,19+,20-,21+,22+,23-,24-,25+,26-,27-,28-,29-,30-,31+,32+,33-,34+,35-,36-,37-,38-,39+,40+,41-,42-,43+,44-,45+,46+,47+,48-,49+,50-/m1/s1. The number of hydrogen-bond acceptors (Lipinski definition) is 25. The first kappa shape index (κ1) is 57.2. The van der Waals surface area contributed by atoms with Gasteiger partial charge in [0.25, 0.3) is 0 Å². The van der Waals surface area contributed by atoms with Gasteiger partial charge in [-0.2, -0.15) is 0 Å². The second-order valence-corrected chi connectivity index (χ2v) is 24.3. The first-order valence-electron chi connectivity index (χ1n) is 27.0. The van der Waals surface area contributed by atoms with Crippen molar-refractivity contribution in [3.05, 3.63) is 0 Å². The zero-order chi connectivity index (χ0) is 54.0. The van der Waals surface area contributed by atoms with Crippen LogP contribution in [0.3, 0.4) is 0 Å². The maximum atomic E-state index is 12.8. The third kappa shape index (κ3) is 9.39. The molecule has 0 radical (unpaired) electrons. The molecule has 0 unspecified atom stereocenters. The zero-order valence-corrected chi connectivity index (χ0v) is 42.7. The summed E-state index contributed by atoms with van der Waals surface area (Å²) >= 11 is 0. The van der Waals surface area contributed by atoms with Gasteiger partial charge in [-0.1, -0.05) is 27.7 Å². The molecule has 6 heterocycles. The van der Waals surface area contributed by atoms with Gasteiger partial charge in [-0.05, 0) is 73.5 Å². The summed E-state index contributed by atoms with van der Waals surface area (Å²) in [7, 11) is 0. The van der Waals surface area contributed by atoms with Crippen LogP contribution in [0.15, 0.2) is 0 Å². The van der Waals surface area contributed by atoms with Crippen molar-refractivity contribution in [2.45, 2.75) is 232 Å². The van der Waals surface area contributed by atoms with E-state index in [2.05, 4.69) is 20.8 Å². The van der Waals surface area contributed by atoms with E-state index in [0.29, 0.717) is 18.9 Å². The lowest BCUT2D eigenvalue weighted by atomic mass is 9.42. The highest BCUT2D eigenvalue weighted by Crippen LogP contribution is 2.72. The van der Waals surface area contributed by atoms with Gasteiger partial charge in [0.05, 0.1) is 63.1 Å². The molecule has 6 aliphatic heterocycles. The van der Waals surface area contributed by atoms with E-state index >= 15 is 0 Å². The average molecular weight is 1080 g/mol. The molecule has 4 saturated carbocycles. The van der Waals surface area contributed by atoms with E-state index in [1.807, 2.05) is 6.92 Å². The summed E-state index contributed by atoms with van der Waals surface area (Å²) in [6, 6.07) is 0. The van der Waals surface area contributed by atoms with E-state index in [1.165, 1.54) is 0 Å². The van der Waals surface area contributed by atoms with Gasteiger partial charge in [0.1, 0.15) is 91.6 Å². The summed E-state index contributed by atoms with van der Waals surface area (Å²) in [4.78, 5) is 0. The van der Waals surface area contributed by atoms with E-state index in [4.69, 9.17) is 47.4 Å². The first-order chi connectivity index (χ1) is 35.4. The topological polar surface area (TPSA) is 396 Å². The van der Waals surface area contributed by atoms with Gasteiger partial charge >= 0.3 is 0 Å². The largest absolute Gasteiger partial charge is 0.394 e. The fourth-order valence-corrected chi connectivity index (χ4v) is 15.9. The summed E-state index contributed by atoms with van der Waals surface area (Å²) in [5.74, 6) is 0.508. The third-order valence-corrected chi connectivity index (χ3v) is 20.2. The Morgan fingerprint density at radius 2 is 1.15 bits per heavy atom. The predicted octanol–water partition coefficient (Wildman–Crippen LogP) is -5.21. The SMILES string of the molecule is C[C@@H]1CC[C@@]2(OC1)O[C@H]1C[C@H]3[C@@H]4C[C@@H](O)[C@@]5(O)C[C@@H](O[C@@H]6O[C@H](CO)[C@H](O[C@@H]7O[C@H](CO)[C@@H](O[C@@H]8OC[C@@H](O)[C@H](O)[C@H]8O)[C@H](O)[C@H]7O[C@@H]7O[C@H](CO)[C@@H](O)[C@H](O)[C@H]7O)[C@H](O)[C@H]6O)[C@H](O)C[C@]5(C)[C@H]4CC[C@]3(C)[C@H]1[C@@H]2C. The highest BCUT2D eigenvalue weighted by atomic mass is 16.8. The highest BCUT2D eigenvalue weighted by molar-refractivity contribution is 5.21. The van der Waals surface area contributed by atoms with Crippen LogP contribution in [0.4, 0.5) is 0 Å². The van der Waals surface area contributed by atoms with Gasteiger partial charge in [0.2, 0.25) is 0 Å². The second-order valence-electron chi connectivity index (χ2n) is 24.3. The van der Waals surface area contributed by atoms with Gasteiger partial charge in [0.15, 0.2) is 30.9 Å². The second kappa shape index (κ2) is 21.4. The average Bonchev–Trinajstić information content (AvgIpc) is 3.84. The molecule has 33 atom stereocenters. The Morgan fingerprint density at radius 3 is 1.81 bits per heavy atom. The maximum absolute atomic E-state index is 12.8. The molecule has 10 aliphatic rings. The molecule has 15 N–H and O–H groups in total. The summed E-state index contributed by atoms with van der Waals surface area (Å²) in [6.45, 7) is 6.17. The van der Waals surface area contributed by atoms with E-state index in [-0.39, 0.29) is 54.0 Å². The molecule has 4 aliphatic carbocycles. The van der Waals surface area contributed by atoms with Gasteiger partial charge in [0, 0.05) is 24.2 Å². The molecule has 10 rings (SSSR count). The molecular formula is C50H82O25. The molecule has 0 aromatic heterocycles. The minimum absolute atomic E-state index is 0.0105. The smallest absolute Gasteiger partial charge is 0.187 e. The molecule has 0 bridgehead atoms. The number of rotatable bonds is 11. The molecular weight excluding hydrogens is 1000 g/mol. The van der Waals surface area contributed by atoms with E-state index in [0.717, 1.165) is 32.1 Å². The van der Waals surface area contributed by atoms with Crippen LogP contribution in [0.1, 0.15) is 79.1 Å². The molecule has 0 aromatic carbocycles. The molecule has 0 aromatic rings.